The number of hydrogen-bond acceptors (Lipinski definition) is 11. The van der Waals surface area contributed by atoms with Crippen molar-refractivity contribution in [2.24, 2.45) is 0 Å². The van der Waals surface area contributed by atoms with Gasteiger partial charge in [-0.1, -0.05) is 189 Å². The number of ether oxygens (including phenoxy) is 5. The summed E-state index contributed by atoms with van der Waals surface area (Å²) in [6.45, 7) is 10.5. The molecule has 15 heteroatoms. The van der Waals surface area contributed by atoms with Crippen LogP contribution < -0.4 is 19.7 Å². The predicted molar refractivity (Wildman–Crippen MR) is 372 cm³/mol. The van der Waals surface area contributed by atoms with Gasteiger partial charge in [0.2, 0.25) is 0 Å². The molecule has 12 nitrogen and oxygen atoms in total. The van der Waals surface area contributed by atoms with Gasteiger partial charge in [0.25, 0.3) is 0 Å². The first-order chi connectivity index (χ1) is 43.2. The van der Waals surface area contributed by atoms with Gasteiger partial charge in [0.1, 0.15) is 23.5 Å². The quantitative estimate of drug-likeness (QED) is 0.0254. The Balaban J connectivity index is 0.000000256. The maximum atomic E-state index is 11.5. The van der Waals surface area contributed by atoms with Crippen molar-refractivity contribution in [3.8, 4) is 39.5 Å². The summed E-state index contributed by atoms with van der Waals surface area (Å²) >= 11 is 3.26. The molecule has 0 saturated heterocycles. The number of aromatic carboxylic acids is 1. The molecule has 0 bridgehead atoms. The summed E-state index contributed by atoms with van der Waals surface area (Å²) in [6.07, 6.45) is 10.7. The first-order valence-corrected chi connectivity index (χ1v) is 30.3. The molecule has 468 valence electrons. The summed E-state index contributed by atoms with van der Waals surface area (Å²) in [5.74, 6) is 1.08. The third-order valence-electron chi connectivity index (χ3n) is 13.3. The van der Waals surface area contributed by atoms with Crippen LogP contribution in [0.4, 0.5) is 0 Å². The van der Waals surface area contributed by atoms with Crippen molar-refractivity contribution >= 4 is 81.8 Å². The van der Waals surface area contributed by atoms with E-state index in [0.29, 0.717) is 34.3 Å². The van der Waals surface area contributed by atoms with Crippen molar-refractivity contribution in [2.75, 3.05) is 34.0 Å². The van der Waals surface area contributed by atoms with E-state index in [0.717, 1.165) is 102 Å². The third-order valence-corrected chi connectivity index (χ3v) is 13.9. The van der Waals surface area contributed by atoms with Gasteiger partial charge in [0.15, 0.2) is 0 Å². The van der Waals surface area contributed by atoms with E-state index in [2.05, 4.69) is 120 Å². The van der Waals surface area contributed by atoms with E-state index < -0.39 is 13.1 Å². The van der Waals surface area contributed by atoms with Crippen LogP contribution in [0.3, 0.4) is 0 Å². The second-order valence-corrected chi connectivity index (χ2v) is 20.9. The highest BCUT2D eigenvalue weighted by Gasteiger charge is 2.10. The standard InChI is InChI=1S/C25H24O3.C24H24O3.C10H12O2.C9H13BO3.C7H5BrO.BrH/c1-3-18-28-24-16-14-22(15-17-24)21-10-6-19(7-11-21)4-5-20-8-12-23(13-9-20)25(26)27-2;1-2-17-27-23-15-13-21(14-16-23)20-9-5-18(6-10-20)3-4-19-7-11-22(12-8-19)24(25)26;1-3-8-4-6-9(7-5-8)10(11)12-2;1-2-7-13-9-5-3-8(4-6-9)10(11)12;8-7-3-1-6(5-9)2-4-7;/h4-17H,3,18H2,1-2H3;5-16H,2-4,17H2,1H3,(H,25,26);4-7H,3H2,1-2H3;3-6,11-12H,2,7H2,1H3;1-5H;1H. The molecule has 0 aliphatic rings. The van der Waals surface area contributed by atoms with Crippen molar-refractivity contribution in [1.29, 1.82) is 0 Å². The van der Waals surface area contributed by atoms with Gasteiger partial charge in [-0.15, -0.1) is 17.0 Å². The minimum Gasteiger partial charge on any atom is -0.494 e. The lowest BCUT2D eigenvalue weighted by Crippen LogP contribution is -2.29. The Kier molecular flexibility index (Phi) is 33.8. The molecule has 0 amide bonds. The second kappa shape index (κ2) is 41.4. The fourth-order valence-electron chi connectivity index (χ4n) is 8.21. The molecule has 3 N–H and O–H groups in total. The van der Waals surface area contributed by atoms with E-state index in [9.17, 15) is 19.2 Å². The summed E-state index contributed by atoms with van der Waals surface area (Å²) in [5, 5.41) is 26.6. The van der Waals surface area contributed by atoms with Crippen LogP contribution in [-0.4, -0.2) is 80.5 Å². The zero-order valence-corrected chi connectivity index (χ0v) is 55.1. The third kappa shape index (κ3) is 26.5. The van der Waals surface area contributed by atoms with Crippen molar-refractivity contribution in [1.82, 2.24) is 0 Å². The summed E-state index contributed by atoms with van der Waals surface area (Å²) < 4.78 is 26.9. The predicted octanol–water partition coefficient (Wildman–Crippen LogP) is 16.8. The smallest absolute Gasteiger partial charge is 0.488 e. The Morgan fingerprint density at radius 1 is 0.422 bits per heavy atom. The highest BCUT2D eigenvalue weighted by atomic mass is 79.9. The van der Waals surface area contributed by atoms with Gasteiger partial charge in [-0.2, -0.15) is 0 Å². The number of carboxylic acids is 1. The molecule has 9 aromatic rings. The van der Waals surface area contributed by atoms with Gasteiger partial charge in [0, 0.05) is 10.0 Å². The fourth-order valence-corrected chi connectivity index (χ4v) is 8.48. The number of aryl methyl sites for hydroxylation is 3. The fraction of sp³-hybridized carbons (Fsp3) is 0.200. The number of hydrogen-bond donors (Lipinski definition) is 3. The van der Waals surface area contributed by atoms with E-state index in [4.69, 9.17) is 34.1 Å². The molecule has 0 atom stereocenters. The molecule has 0 heterocycles. The molecule has 0 unspecified atom stereocenters. The first kappa shape index (κ1) is 73.6. The van der Waals surface area contributed by atoms with E-state index in [1.54, 1.807) is 72.8 Å². The van der Waals surface area contributed by atoms with Gasteiger partial charge < -0.3 is 38.8 Å². The number of benzene rings is 9. The minimum absolute atomic E-state index is 0. The van der Waals surface area contributed by atoms with Gasteiger partial charge in [-0.05, 0) is 179 Å². The average Bonchev–Trinajstić information content (AvgIpc) is 2.26. The molecule has 0 aliphatic carbocycles. The maximum absolute atomic E-state index is 11.5. The van der Waals surface area contributed by atoms with Crippen LogP contribution in [0.15, 0.2) is 223 Å². The summed E-state index contributed by atoms with van der Waals surface area (Å²) in [7, 11) is 1.37. The molecular weight excluding hydrogens is 1260 g/mol. The lowest BCUT2D eigenvalue weighted by atomic mass is 9.80. The largest absolute Gasteiger partial charge is 0.494 e. The average molecular weight is 1340 g/mol. The van der Waals surface area contributed by atoms with Crippen LogP contribution in [0.5, 0.6) is 17.2 Å². The van der Waals surface area contributed by atoms with E-state index in [1.807, 2.05) is 85.8 Å². The molecule has 0 aliphatic heterocycles. The number of carboxylic acid groups (broad SMARTS) is 1. The van der Waals surface area contributed by atoms with Gasteiger partial charge in [-0.3, -0.25) is 4.79 Å². The SMILES string of the molecule is Br.CCCOc1ccc(-c2ccc(C=Cc3ccc(C(=O)OC)cc3)cc2)cc1.CCCOc1ccc(-c2ccc(CCc3ccc(C(=O)O)cc3)cc2)cc1.CCCOc1ccc(B(O)O)cc1.CCc1ccc(C(=O)OC)cc1.O=Cc1ccc(Br)cc1. The van der Waals surface area contributed by atoms with Crippen LogP contribution in [0, 0.1) is 0 Å². The molecule has 0 radical (unpaired) electrons. The minimum atomic E-state index is -1.40. The Hall–Kier alpha value is -8.86. The number of methoxy groups -OCH3 is 2. The van der Waals surface area contributed by atoms with Crippen LogP contribution in [0.2, 0.25) is 0 Å². The summed E-state index contributed by atoms with van der Waals surface area (Å²) in [5.41, 5.74) is 13.1. The maximum Gasteiger partial charge on any atom is 0.488 e. The summed E-state index contributed by atoms with van der Waals surface area (Å²) in [6, 6.07) is 69.2. The Morgan fingerprint density at radius 2 is 0.733 bits per heavy atom. The highest BCUT2D eigenvalue weighted by Crippen LogP contribution is 2.26. The molecule has 0 saturated carbocycles. The number of rotatable bonds is 22. The monoisotopic (exact) mass is 1340 g/mol. The molecule has 90 heavy (non-hydrogen) atoms. The van der Waals surface area contributed by atoms with Gasteiger partial charge >= 0.3 is 25.0 Å². The zero-order valence-electron chi connectivity index (χ0n) is 51.8. The van der Waals surface area contributed by atoms with Crippen molar-refractivity contribution in [3.05, 3.63) is 273 Å². The molecule has 9 aromatic carbocycles. The van der Waals surface area contributed by atoms with Crippen molar-refractivity contribution in [3.63, 3.8) is 0 Å². The lowest BCUT2D eigenvalue weighted by Gasteiger charge is -2.08. The van der Waals surface area contributed by atoms with Gasteiger partial charge in [0.05, 0.1) is 50.7 Å². The van der Waals surface area contributed by atoms with Crippen LogP contribution >= 0.6 is 32.9 Å². The van der Waals surface area contributed by atoms with E-state index in [-0.39, 0.29) is 28.9 Å². The topological polar surface area (TPSA) is 175 Å². The molecule has 9 rings (SSSR count). The number of carbonyl (C=O) groups excluding carboxylic acids is 3. The zero-order chi connectivity index (χ0) is 64.2. The number of aldehydes is 1. The van der Waals surface area contributed by atoms with Crippen molar-refractivity contribution < 1.29 is 58.0 Å². The van der Waals surface area contributed by atoms with Crippen LogP contribution in [-0.2, 0) is 28.7 Å². The molecule has 0 spiro atoms. The molecular formula is C75H79BBr2O12. The Bertz CT molecular complexity index is 3520. The Labute approximate surface area is 549 Å². The van der Waals surface area contributed by atoms with Crippen molar-refractivity contribution in [2.45, 2.75) is 66.2 Å². The Morgan fingerprint density at radius 3 is 1.08 bits per heavy atom. The van der Waals surface area contributed by atoms with Crippen LogP contribution in [0.1, 0.15) is 116 Å². The highest BCUT2D eigenvalue weighted by molar-refractivity contribution is 9.10. The lowest BCUT2D eigenvalue weighted by molar-refractivity contribution is 0.0592. The number of carbonyl (C=O) groups is 4. The summed E-state index contributed by atoms with van der Waals surface area (Å²) in [4.78, 5) is 43.5. The van der Waals surface area contributed by atoms with Gasteiger partial charge in [-0.25, -0.2) is 14.4 Å². The first-order valence-electron chi connectivity index (χ1n) is 29.5. The van der Waals surface area contributed by atoms with E-state index >= 15 is 0 Å². The molecule has 0 fully saturated rings. The molecule has 0 aromatic heterocycles. The number of halogens is 2. The normalized spacial score (nSPS) is 10.1. The van der Waals surface area contributed by atoms with Crippen LogP contribution in [0.25, 0.3) is 34.4 Å². The number of esters is 2. The van der Waals surface area contributed by atoms with E-state index in [1.165, 1.54) is 42.0 Å². The second-order valence-electron chi connectivity index (χ2n) is 20.0.